The molecule has 3 rings (SSSR count). The fraction of sp³-hybridized carbons (Fsp3) is 0.588. The molecule has 1 fully saturated rings. The molecule has 2 aromatic rings. The predicted molar refractivity (Wildman–Crippen MR) is 85.0 cm³/mol. The van der Waals surface area contributed by atoms with Crippen LogP contribution in [0.1, 0.15) is 43.6 Å². The van der Waals surface area contributed by atoms with Gasteiger partial charge in [-0.25, -0.2) is 0 Å². The van der Waals surface area contributed by atoms with Crippen molar-refractivity contribution in [2.75, 3.05) is 13.2 Å². The van der Waals surface area contributed by atoms with Gasteiger partial charge in [-0.15, -0.1) is 0 Å². The number of nitrogens with one attached hydrogen (secondary N) is 1. The van der Waals surface area contributed by atoms with E-state index >= 15 is 0 Å². The van der Waals surface area contributed by atoms with Gasteiger partial charge in [0.05, 0.1) is 17.9 Å². The molecule has 22 heavy (non-hydrogen) atoms. The highest BCUT2D eigenvalue weighted by Gasteiger charge is 2.22. The number of amides is 1. The van der Waals surface area contributed by atoms with E-state index in [1.807, 2.05) is 16.7 Å². The number of hydrogen-bond donors (Lipinski definition) is 1. The van der Waals surface area contributed by atoms with Gasteiger partial charge in [0, 0.05) is 31.8 Å². The van der Waals surface area contributed by atoms with Crippen molar-refractivity contribution in [1.29, 1.82) is 0 Å². The van der Waals surface area contributed by atoms with Crippen LogP contribution in [0.15, 0.2) is 22.8 Å². The van der Waals surface area contributed by atoms with Gasteiger partial charge in [-0.2, -0.15) is 0 Å². The fourth-order valence-electron chi connectivity index (χ4n) is 2.90. The zero-order chi connectivity index (χ0) is 15.5. The molecule has 0 radical (unpaired) electrons. The summed E-state index contributed by atoms with van der Waals surface area (Å²) in [6.45, 7) is 6.36. The average molecular weight is 304 g/mol. The maximum absolute atomic E-state index is 12.5. The first-order valence-corrected chi connectivity index (χ1v) is 8.11. The molecule has 1 atom stereocenters. The number of fused-ring (bicyclic) bond motifs is 1. The third-order valence-corrected chi connectivity index (χ3v) is 4.09. The molecule has 1 aliphatic heterocycles. The van der Waals surface area contributed by atoms with E-state index in [1.54, 1.807) is 6.26 Å². The van der Waals surface area contributed by atoms with E-state index < -0.39 is 0 Å². The van der Waals surface area contributed by atoms with E-state index in [1.165, 1.54) is 6.42 Å². The number of carbonyl (C=O) groups excluding carboxylic acids is 1. The first-order chi connectivity index (χ1) is 10.6. The third kappa shape index (κ3) is 3.19. The summed E-state index contributed by atoms with van der Waals surface area (Å²) in [6, 6.07) is 3.74. The van der Waals surface area contributed by atoms with Crippen LogP contribution in [0.3, 0.4) is 0 Å². The molecule has 1 unspecified atom stereocenters. The van der Waals surface area contributed by atoms with Crippen LogP contribution in [0.5, 0.6) is 0 Å². The topological polar surface area (TPSA) is 56.4 Å². The zero-order valence-electron chi connectivity index (χ0n) is 13.3. The Kier molecular flexibility index (Phi) is 4.52. The molecule has 1 aliphatic rings. The van der Waals surface area contributed by atoms with Crippen molar-refractivity contribution in [2.24, 2.45) is 5.92 Å². The number of hydrogen-bond acceptors (Lipinski definition) is 3. The van der Waals surface area contributed by atoms with Crippen molar-refractivity contribution < 1.29 is 13.9 Å². The summed E-state index contributed by atoms with van der Waals surface area (Å²) >= 11 is 0. The summed E-state index contributed by atoms with van der Waals surface area (Å²) in [5.74, 6) is 0.382. The second-order valence-electron chi connectivity index (χ2n) is 6.40. The lowest BCUT2D eigenvalue weighted by atomic mass is 10.1. The number of rotatable bonds is 5. The van der Waals surface area contributed by atoms with E-state index in [0.717, 1.165) is 30.5 Å². The predicted octanol–water partition coefficient (Wildman–Crippen LogP) is 3.19. The highest BCUT2D eigenvalue weighted by Crippen LogP contribution is 2.24. The zero-order valence-corrected chi connectivity index (χ0v) is 13.3. The van der Waals surface area contributed by atoms with Crippen molar-refractivity contribution in [2.45, 2.75) is 45.8 Å². The third-order valence-electron chi connectivity index (χ3n) is 4.09. The van der Waals surface area contributed by atoms with Crippen LogP contribution in [0.2, 0.25) is 0 Å². The maximum atomic E-state index is 12.5. The molecule has 0 saturated carbocycles. The van der Waals surface area contributed by atoms with Crippen molar-refractivity contribution in [3.63, 3.8) is 0 Å². The molecule has 0 bridgehead atoms. The molecule has 120 valence electrons. The number of ether oxygens (including phenoxy) is 1. The molecule has 1 saturated heterocycles. The van der Waals surface area contributed by atoms with Crippen LogP contribution in [0, 0.1) is 5.92 Å². The van der Waals surface area contributed by atoms with Crippen LogP contribution in [-0.4, -0.2) is 29.7 Å². The molecular formula is C17H24N2O3. The Morgan fingerprint density at radius 3 is 3.05 bits per heavy atom. The van der Waals surface area contributed by atoms with Gasteiger partial charge >= 0.3 is 0 Å². The molecule has 3 heterocycles. The number of furan rings is 1. The largest absolute Gasteiger partial charge is 0.463 e. The molecule has 5 nitrogen and oxygen atoms in total. The van der Waals surface area contributed by atoms with Crippen LogP contribution < -0.4 is 5.32 Å². The minimum absolute atomic E-state index is 0.0455. The van der Waals surface area contributed by atoms with E-state index in [0.29, 0.717) is 24.7 Å². The molecule has 0 aromatic carbocycles. The van der Waals surface area contributed by atoms with Crippen LogP contribution in [0.4, 0.5) is 0 Å². The van der Waals surface area contributed by atoms with Crippen molar-refractivity contribution >= 4 is 17.0 Å². The van der Waals surface area contributed by atoms with E-state index in [4.69, 9.17) is 9.15 Å². The Morgan fingerprint density at radius 1 is 1.45 bits per heavy atom. The van der Waals surface area contributed by atoms with Gasteiger partial charge < -0.3 is 19.0 Å². The second kappa shape index (κ2) is 6.57. The Hall–Kier alpha value is -1.75. The second-order valence-corrected chi connectivity index (χ2v) is 6.40. The SMILES string of the molecule is CC(C)CNC(=O)c1cc2occc2n1CC1CCCCO1. The monoisotopic (exact) mass is 304 g/mol. The summed E-state index contributed by atoms with van der Waals surface area (Å²) in [5, 5.41) is 2.98. The summed E-state index contributed by atoms with van der Waals surface area (Å²) in [4.78, 5) is 12.5. The van der Waals surface area contributed by atoms with E-state index in [2.05, 4.69) is 19.2 Å². The quantitative estimate of drug-likeness (QED) is 0.923. The Morgan fingerprint density at radius 2 is 2.32 bits per heavy atom. The summed E-state index contributed by atoms with van der Waals surface area (Å²) < 4.78 is 13.3. The van der Waals surface area contributed by atoms with Gasteiger partial charge in [-0.3, -0.25) is 4.79 Å². The van der Waals surface area contributed by atoms with Crippen molar-refractivity contribution in [3.05, 3.63) is 24.1 Å². The van der Waals surface area contributed by atoms with Gasteiger partial charge in [0.15, 0.2) is 5.58 Å². The van der Waals surface area contributed by atoms with Gasteiger partial charge in [-0.05, 0) is 25.2 Å². The average Bonchev–Trinajstić information content (AvgIpc) is 3.08. The normalized spacial score (nSPS) is 19.0. The number of aromatic nitrogens is 1. The number of carbonyl (C=O) groups is 1. The van der Waals surface area contributed by atoms with Gasteiger partial charge in [-0.1, -0.05) is 13.8 Å². The maximum Gasteiger partial charge on any atom is 0.268 e. The smallest absolute Gasteiger partial charge is 0.268 e. The molecule has 2 aromatic heterocycles. The van der Waals surface area contributed by atoms with Crippen LogP contribution >= 0.6 is 0 Å². The fourth-order valence-corrected chi connectivity index (χ4v) is 2.90. The molecule has 0 aliphatic carbocycles. The van der Waals surface area contributed by atoms with E-state index in [9.17, 15) is 4.79 Å². The minimum atomic E-state index is -0.0455. The molecule has 1 N–H and O–H groups in total. The lowest BCUT2D eigenvalue weighted by Gasteiger charge is -2.24. The lowest BCUT2D eigenvalue weighted by Crippen LogP contribution is -2.31. The molecule has 5 heteroatoms. The highest BCUT2D eigenvalue weighted by atomic mass is 16.5. The first-order valence-electron chi connectivity index (χ1n) is 8.11. The Bertz CT molecular complexity index is 635. The van der Waals surface area contributed by atoms with Crippen LogP contribution in [0.25, 0.3) is 11.1 Å². The molecular weight excluding hydrogens is 280 g/mol. The Labute approximate surface area is 130 Å². The standard InChI is InChI=1S/C17H24N2O3/c1-12(2)10-18-17(20)15-9-16-14(6-8-22-16)19(15)11-13-5-3-4-7-21-13/h6,8-9,12-13H,3-5,7,10-11H2,1-2H3,(H,18,20). The first kappa shape index (κ1) is 15.2. The highest BCUT2D eigenvalue weighted by molar-refractivity contribution is 5.97. The van der Waals surface area contributed by atoms with Crippen LogP contribution in [-0.2, 0) is 11.3 Å². The number of nitrogens with zero attached hydrogens (tertiary/aromatic N) is 1. The Balaban J connectivity index is 1.83. The summed E-state index contributed by atoms with van der Waals surface area (Å²) in [7, 11) is 0. The summed E-state index contributed by atoms with van der Waals surface area (Å²) in [6.07, 6.45) is 5.21. The minimum Gasteiger partial charge on any atom is -0.463 e. The van der Waals surface area contributed by atoms with E-state index in [-0.39, 0.29) is 12.0 Å². The van der Waals surface area contributed by atoms with Gasteiger partial charge in [0.1, 0.15) is 5.69 Å². The van der Waals surface area contributed by atoms with Gasteiger partial charge in [0.25, 0.3) is 5.91 Å². The lowest BCUT2D eigenvalue weighted by molar-refractivity contribution is 0.00637. The van der Waals surface area contributed by atoms with Gasteiger partial charge in [0.2, 0.25) is 0 Å². The molecule has 0 spiro atoms. The van der Waals surface area contributed by atoms with Crippen molar-refractivity contribution in [1.82, 2.24) is 9.88 Å². The van der Waals surface area contributed by atoms with Crippen molar-refractivity contribution in [3.8, 4) is 0 Å². The summed E-state index contributed by atoms with van der Waals surface area (Å²) in [5.41, 5.74) is 2.37. The molecule has 1 amide bonds.